The first-order valence-corrected chi connectivity index (χ1v) is 7.61. The van der Waals surface area contributed by atoms with Crippen LogP contribution in [0.5, 0.6) is 0 Å². The maximum absolute atomic E-state index is 12.2. The molecule has 0 bridgehead atoms. The number of rotatable bonds is 5. The number of amides is 1. The summed E-state index contributed by atoms with van der Waals surface area (Å²) in [6.07, 6.45) is 4.20. The van der Waals surface area contributed by atoms with Gasteiger partial charge in [0, 0.05) is 6.54 Å². The minimum Gasteiger partial charge on any atom is -0.478 e. The highest BCUT2D eigenvalue weighted by atomic mass is 16.4. The minimum absolute atomic E-state index is 0.0405. The zero-order valence-corrected chi connectivity index (χ0v) is 13.3. The molecule has 0 fully saturated rings. The lowest BCUT2D eigenvalue weighted by Crippen LogP contribution is -2.30. The van der Waals surface area contributed by atoms with E-state index in [2.05, 4.69) is 32.2 Å². The number of benzene rings is 1. The van der Waals surface area contributed by atoms with Gasteiger partial charge in [0.2, 0.25) is 0 Å². The van der Waals surface area contributed by atoms with E-state index in [0.717, 1.165) is 12.8 Å². The highest BCUT2D eigenvalue weighted by Gasteiger charge is 2.34. The fraction of sp³-hybridized carbons (Fsp3) is 0.444. The molecule has 1 aliphatic carbocycles. The lowest BCUT2D eigenvalue weighted by molar-refractivity contribution is 0.0691. The smallest absolute Gasteiger partial charge is 0.336 e. The Morgan fingerprint density at radius 3 is 2.45 bits per heavy atom. The van der Waals surface area contributed by atoms with E-state index in [0.29, 0.717) is 12.5 Å². The first-order valence-electron chi connectivity index (χ1n) is 7.61. The van der Waals surface area contributed by atoms with Crippen molar-refractivity contribution < 1.29 is 14.7 Å². The van der Waals surface area contributed by atoms with Crippen molar-refractivity contribution in [2.45, 2.75) is 33.6 Å². The maximum atomic E-state index is 12.2. The molecule has 0 unspecified atom stereocenters. The van der Waals surface area contributed by atoms with Crippen LogP contribution in [0.25, 0.3) is 0 Å². The summed E-state index contributed by atoms with van der Waals surface area (Å²) >= 11 is 0. The van der Waals surface area contributed by atoms with E-state index < -0.39 is 5.97 Å². The lowest BCUT2D eigenvalue weighted by Gasteiger charge is -2.29. The molecule has 0 aliphatic heterocycles. The highest BCUT2D eigenvalue weighted by molar-refractivity contribution is 6.04. The van der Waals surface area contributed by atoms with Crippen molar-refractivity contribution in [3.05, 3.63) is 47.0 Å². The van der Waals surface area contributed by atoms with E-state index >= 15 is 0 Å². The van der Waals surface area contributed by atoms with E-state index in [1.54, 1.807) is 18.2 Å². The van der Waals surface area contributed by atoms with E-state index in [4.69, 9.17) is 5.11 Å². The van der Waals surface area contributed by atoms with Gasteiger partial charge in [-0.05, 0) is 43.2 Å². The van der Waals surface area contributed by atoms with E-state index in [9.17, 15) is 9.59 Å². The minimum atomic E-state index is -1.08. The number of hydrogen-bond acceptors (Lipinski definition) is 2. The number of allylic oxidation sites excluding steroid dienone is 2. The molecule has 0 aromatic heterocycles. The molecule has 118 valence electrons. The number of carboxylic acid groups (broad SMARTS) is 1. The molecule has 1 aromatic rings. The molecule has 1 aliphatic rings. The van der Waals surface area contributed by atoms with Gasteiger partial charge in [-0.2, -0.15) is 0 Å². The number of carbonyl (C=O) groups is 2. The van der Waals surface area contributed by atoms with Gasteiger partial charge in [0.1, 0.15) is 0 Å². The fourth-order valence-corrected chi connectivity index (χ4v) is 3.00. The predicted octanol–water partition coefficient (Wildman–Crippen LogP) is 3.50. The molecule has 0 spiro atoms. The van der Waals surface area contributed by atoms with Gasteiger partial charge in [0.05, 0.1) is 11.1 Å². The monoisotopic (exact) mass is 301 g/mol. The van der Waals surface area contributed by atoms with Crippen LogP contribution in [0.3, 0.4) is 0 Å². The quantitative estimate of drug-likeness (QED) is 0.818. The SMILES string of the molecule is CC1=CC[C@@H](CCNC(=O)c2ccccc2C(=O)O)C1(C)C. The molecule has 2 N–H and O–H groups in total. The zero-order chi connectivity index (χ0) is 16.3. The summed E-state index contributed by atoms with van der Waals surface area (Å²) < 4.78 is 0. The van der Waals surface area contributed by atoms with Gasteiger partial charge >= 0.3 is 5.97 Å². The molecule has 1 amide bonds. The van der Waals surface area contributed by atoms with Gasteiger partial charge in [0.25, 0.3) is 5.91 Å². The number of hydrogen-bond donors (Lipinski definition) is 2. The molecular formula is C18H23NO3. The van der Waals surface area contributed by atoms with Crippen molar-refractivity contribution in [1.82, 2.24) is 5.32 Å². The third kappa shape index (κ3) is 3.21. The Balaban J connectivity index is 1.94. The molecule has 4 heteroatoms. The molecule has 1 atom stereocenters. The van der Waals surface area contributed by atoms with Crippen LogP contribution in [-0.2, 0) is 0 Å². The first-order chi connectivity index (χ1) is 10.3. The Bertz CT molecular complexity index is 617. The van der Waals surface area contributed by atoms with Crippen LogP contribution < -0.4 is 5.32 Å². The van der Waals surface area contributed by atoms with Gasteiger partial charge in [-0.3, -0.25) is 4.79 Å². The van der Waals surface area contributed by atoms with Gasteiger partial charge in [-0.1, -0.05) is 37.6 Å². The van der Waals surface area contributed by atoms with E-state index in [-0.39, 0.29) is 22.4 Å². The van der Waals surface area contributed by atoms with Crippen LogP contribution in [0.15, 0.2) is 35.9 Å². The van der Waals surface area contributed by atoms with Crippen LogP contribution in [0, 0.1) is 11.3 Å². The molecule has 0 radical (unpaired) electrons. The fourth-order valence-electron chi connectivity index (χ4n) is 3.00. The van der Waals surface area contributed by atoms with E-state index in [1.165, 1.54) is 11.6 Å². The van der Waals surface area contributed by atoms with Crippen LogP contribution in [0.1, 0.15) is 54.3 Å². The molecule has 1 aromatic carbocycles. The topological polar surface area (TPSA) is 66.4 Å². The second-order valence-corrected chi connectivity index (χ2v) is 6.44. The number of carboxylic acids is 1. The molecule has 4 nitrogen and oxygen atoms in total. The van der Waals surface area contributed by atoms with Crippen molar-refractivity contribution >= 4 is 11.9 Å². The van der Waals surface area contributed by atoms with Gasteiger partial charge in [0.15, 0.2) is 0 Å². The summed E-state index contributed by atoms with van der Waals surface area (Å²) in [6.45, 7) is 7.18. The van der Waals surface area contributed by atoms with E-state index in [1.807, 2.05) is 0 Å². The van der Waals surface area contributed by atoms with Crippen LogP contribution >= 0.6 is 0 Å². The second kappa shape index (κ2) is 6.34. The van der Waals surface area contributed by atoms with Crippen LogP contribution in [-0.4, -0.2) is 23.5 Å². The van der Waals surface area contributed by atoms with Crippen molar-refractivity contribution in [1.29, 1.82) is 0 Å². The first kappa shape index (κ1) is 16.3. The summed E-state index contributed by atoms with van der Waals surface area (Å²) in [4.78, 5) is 23.3. The maximum Gasteiger partial charge on any atom is 0.336 e. The van der Waals surface area contributed by atoms with Crippen LogP contribution in [0.4, 0.5) is 0 Å². The van der Waals surface area contributed by atoms with Crippen molar-refractivity contribution in [3.63, 3.8) is 0 Å². The summed E-state index contributed by atoms with van der Waals surface area (Å²) in [6, 6.07) is 6.29. The number of nitrogens with one attached hydrogen (secondary N) is 1. The lowest BCUT2D eigenvalue weighted by atomic mass is 9.76. The Hall–Kier alpha value is -2.10. The largest absolute Gasteiger partial charge is 0.478 e. The van der Waals surface area contributed by atoms with Gasteiger partial charge in [-0.15, -0.1) is 0 Å². The van der Waals surface area contributed by atoms with Crippen molar-refractivity contribution in [2.24, 2.45) is 11.3 Å². The Morgan fingerprint density at radius 2 is 1.91 bits per heavy atom. The summed E-state index contributed by atoms with van der Waals surface area (Å²) in [5.74, 6) is -0.886. The summed E-state index contributed by atoms with van der Waals surface area (Å²) in [5, 5.41) is 12.0. The van der Waals surface area contributed by atoms with Crippen molar-refractivity contribution in [3.8, 4) is 0 Å². The molecule has 0 saturated carbocycles. The summed E-state index contributed by atoms with van der Waals surface area (Å²) in [5.41, 5.74) is 1.83. The Kier molecular flexibility index (Phi) is 4.69. The third-order valence-electron chi connectivity index (χ3n) is 4.93. The molecule has 0 saturated heterocycles. The molecule has 22 heavy (non-hydrogen) atoms. The van der Waals surface area contributed by atoms with Crippen molar-refractivity contribution in [2.75, 3.05) is 6.54 Å². The average molecular weight is 301 g/mol. The summed E-state index contributed by atoms with van der Waals surface area (Å²) in [7, 11) is 0. The van der Waals surface area contributed by atoms with Crippen LogP contribution in [0.2, 0.25) is 0 Å². The molecule has 0 heterocycles. The number of aromatic carboxylic acids is 1. The average Bonchev–Trinajstić information content (AvgIpc) is 2.73. The second-order valence-electron chi connectivity index (χ2n) is 6.44. The third-order valence-corrected chi connectivity index (χ3v) is 4.93. The standard InChI is InChI=1S/C18H23NO3/c1-12-8-9-13(18(12,2)3)10-11-19-16(20)14-6-4-5-7-15(14)17(21)22/h4-8,13H,9-11H2,1-3H3,(H,19,20)(H,21,22)/t13-/m0/s1. The molecule has 2 rings (SSSR count). The predicted molar refractivity (Wildman–Crippen MR) is 86.0 cm³/mol. The zero-order valence-electron chi connectivity index (χ0n) is 13.3. The normalized spacial score (nSPS) is 19.6. The Morgan fingerprint density at radius 1 is 1.27 bits per heavy atom. The molecular weight excluding hydrogens is 278 g/mol. The van der Waals surface area contributed by atoms with Gasteiger partial charge < -0.3 is 10.4 Å². The number of carbonyl (C=O) groups excluding carboxylic acids is 1. The Labute approximate surface area is 131 Å². The highest BCUT2D eigenvalue weighted by Crippen LogP contribution is 2.44. The van der Waals surface area contributed by atoms with Gasteiger partial charge in [-0.25, -0.2) is 4.79 Å².